The smallest absolute Gasteiger partial charge is 0.394 e. The molecule has 7 nitrogen and oxygen atoms in total. The minimum atomic E-state index is -1.67. The Morgan fingerprint density at radius 2 is 1.36 bits per heavy atom. The van der Waals surface area contributed by atoms with Gasteiger partial charge in [-0.2, -0.15) is 0 Å². The first-order chi connectivity index (χ1) is 12.0. The van der Waals surface area contributed by atoms with E-state index < -0.39 is 23.7 Å². The molecule has 2 aromatic carbocycles. The molecule has 1 atom stereocenters. The number of ether oxygens (including phenoxy) is 2. The average molecular weight is 343 g/mol. The number of methoxy groups -OCH3 is 2. The maximum Gasteiger partial charge on any atom is 0.394 e. The Kier molecular flexibility index (Phi) is 5.73. The van der Waals surface area contributed by atoms with E-state index in [-0.39, 0.29) is 0 Å². The third-order valence-electron chi connectivity index (χ3n) is 3.56. The van der Waals surface area contributed by atoms with Crippen molar-refractivity contribution in [2.45, 2.75) is 6.04 Å². The summed E-state index contributed by atoms with van der Waals surface area (Å²) in [7, 11) is 3.01. The van der Waals surface area contributed by atoms with Crippen molar-refractivity contribution in [2.75, 3.05) is 14.2 Å². The monoisotopic (exact) mass is 343 g/mol. The number of carboxylic acid groups (broad SMARTS) is 1. The average Bonchev–Trinajstić information content (AvgIpc) is 2.65. The highest BCUT2D eigenvalue weighted by Gasteiger charge is 2.26. The van der Waals surface area contributed by atoms with Crippen LogP contribution in [-0.2, 0) is 9.59 Å². The van der Waals surface area contributed by atoms with Gasteiger partial charge in [-0.3, -0.25) is 9.59 Å². The molecule has 0 bridgehead atoms. The van der Waals surface area contributed by atoms with Crippen molar-refractivity contribution in [3.8, 4) is 11.5 Å². The summed E-state index contributed by atoms with van der Waals surface area (Å²) >= 11 is 0. The van der Waals surface area contributed by atoms with Crippen LogP contribution in [0.3, 0.4) is 0 Å². The molecule has 25 heavy (non-hydrogen) atoms. The van der Waals surface area contributed by atoms with Crippen LogP contribution in [0, 0.1) is 0 Å². The number of benzene rings is 2. The maximum absolute atomic E-state index is 12.8. The number of carboxylic acids is 1. The second kappa shape index (κ2) is 7.96. The van der Waals surface area contributed by atoms with Crippen LogP contribution in [0.5, 0.6) is 11.5 Å². The molecule has 2 rings (SSSR count). The number of Topliss-reactive ketones (excluding diaryl/α,β-unsaturated/α-hetero) is 1. The Hall–Kier alpha value is -3.35. The summed E-state index contributed by atoms with van der Waals surface area (Å²) < 4.78 is 10.1. The first-order valence-electron chi connectivity index (χ1n) is 7.32. The highest BCUT2D eigenvalue weighted by Crippen LogP contribution is 2.23. The fourth-order valence-corrected chi connectivity index (χ4v) is 2.21. The van der Waals surface area contributed by atoms with E-state index in [9.17, 15) is 14.4 Å². The number of aliphatic carboxylic acids is 1. The van der Waals surface area contributed by atoms with Crippen molar-refractivity contribution in [1.29, 1.82) is 0 Å². The van der Waals surface area contributed by atoms with Crippen LogP contribution < -0.4 is 14.8 Å². The zero-order valence-electron chi connectivity index (χ0n) is 13.7. The molecule has 130 valence electrons. The largest absolute Gasteiger partial charge is 0.497 e. The van der Waals surface area contributed by atoms with Gasteiger partial charge in [0.2, 0.25) is 0 Å². The van der Waals surface area contributed by atoms with Crippen molar-refractivity contribution in [3.63, 3.8) is 0 Å². The first-order valence-corrected chi connectivity index (χ1v) is 7.32. The molecule has 0 aliphatic heterocycles. The number of amides is 1. The molecule has 2 N–H and O–H groups in total. The minimum Gasteiger partial charge on any atom is -0.497 e. The topological polar surface area (TPSA) is 102 Å². The summed E-state index contributed by atoms with van der Waals surface area (Å²) in [5.74, 6) is -2.22. The second-order valence-corrected chi connectivity index (χ2v) is 5.08. The standard InChI is InChI=1S/C18H17NO6/c1-24-13-7-3-11(4-8-13)15(19-17(21)18(22)23)16(20)12-5-9-14(25-2)10-6-12/h3-10,15H,1-2H3,(H,19,21)(H,22,23). The van der Waals surface area contributed by atoms with E-state index in [0.29, 0.717) is 22.6 Å². The molecule has 7 heteroatoms. The van der Waals surface area contributed by atoms with Crippen molar-refractivity contribution >= 4 is 17.7 Å². The van der Waals surface area contributed by atoms with Crippen LogP contribution in [0.2, 0.25) is 0 Å². The van der Waals surface area contributed by atoms with E-state index >= 15 is 0 Å². The zero-order chi connectivity index (χ0) is 18.4. The number of hydrogen-bond acceptors (Lipinski definition) is 5. The Labute approximate surface area is 144 Å². The lowest BCUT2D eigenvalue weighted by Crippen LogP contribution is -2.38. The molecule has 0 radical (unpaired) electrons. The van der Waals surface area contributed by atoms with Gasteiger partial charge in [-0.05, 0) is 42.0 Å². The van der Waals surface area contributed by atoms with Gasteiger partial charge in [-0.15, -0.1) is 0 Å². The zero-order valence-corrected chi connectivity index (χ0v) is 13.7. The molecule has 0 saturated carbocycles. The summed E-state index contributed by atoms with van der Waals surface area (Å²) in [5.41, 5.74) is 0.753. The third-order valence-corrected chi connectivity index (χ3v) is 3.56. The lowest BCUT2D eigenvalue weighted by molar-refractivity contribution is -0.150. The fourth-order valence-electron chi connectivity index (χ4n) is 2.21. The molecule has 1 amide bonds. The van der Waals surface area contributed by atoms with E-state index in [4.69, 9.17) is 14.6 Å². The Morgan fingerprint density at radius 1 is 0.880 bits per heavy atom. The van der Waals surface area contributed by atoms with Crippen LogP contribution in [0.15, 0.2) is 48.5 Å². The van der Waals surface area contributed by atoms with Gasteiger partial charge in [0.05, 0.1) is 14.2 Å². The maximum atomic E-state index is 12.8. The molecule has 0 aliphatic rings. The summed E-state index contributed by atoms with van der Waals surface area (Å²) in [6.07, 6.45) is 0. The predicted molar refractivity (Wildman–Crippen MR) is 88.8 cm³/mol. The Balaban J connectivity index is 2.35. The quantitative estimate of drug-likeness (QED) is 0.613. The Morgan fingerprint density at radius 3 is 1.80 bits per heavy atom. The Bertz CT molecular complexity index is 767. The van der Waals surface area contributed by atoms with Gasteiger partial charge in [-0.1, -0.05) is 12.1 Å². The molecule has 0 aliphatic carbocycles. The van der Waals surface area contributed by atoms with Crippen molar-refractivity contribution in [2.24, 2.45) is 0 Å². The molecule has 0 heterocycles. The summed E-state index contributed by atoms with van der Waals surface area (Å²) in [5, 5.41) is 11.1. The van der Waals surface area contributed by atoms with Gasteiger partial charge in [0.25, 0.3) is 0 Å². The molecular weight excluding hydrogens is 326 g/mol. The van der Waals surface area contributed by atoms with Gasteiger partial charge < -0.3 is 19.9 Å². The van der Waals surface area contributed by atoms with E-state index in [0.717, 1.165) is 0 Å². The molecule has 1 unspecified atom stereocenters. The van der Waals surface area contributed by atoms with Crippen LogP contribution in [0.1, 0.15) is 22.0 Å². The van der Waals surface area contributed by atoms with Crippen molar-refractivity contribution in [3.05, 3.63) is 59.7 Å². The number of rotatable bonds is 6. The molecule has 0 spiro atoms. The summed E-state index contributed by atoms with van der Waals surface area (Å²) in [4.78, 5) is 35.2. The number of hydrogen-bond donors (Lipinski definition) is 2. The van der Waals surface area contributed by atoms with Crippen LogP contribution in [0.25, 0.3) is 0 Å². The van der Waals surface area contributed by atoms with Gasteiger partial charge in [0.15, 0.2) is 5.78 Å². The van der Waals surface area contributed by atoms with Gasteiger partial charge >= 0.3 is 11.9 Å². The number of carbonyl (C=O) groups excluding carboxylic acids is 2. The summed E-state index contributed by atoms with van der Waals surface area (Å²) in [6.45, 7) is 0. The van der Waals surface area contributed by atoms with Gasteiger partial charge in [0.1, 0.15) is 17.5 Å². The SMILES string of the molecule is COc1ccc(C(=O)C(NC(=O)C(=O)O)c2ccc(OC)cc2)cc1. The van der Waals surface area contributed by atoms with Crippen molar-refractivity contribution < 1.29 is 29.0 Å². The number of ketones is 1. The predicted octanol–water partition coefficient (Wildman–Crippen LogP) is 1.83. The second-order valence-electron chi connectivity index (χ2n) is 5.08. The van der Waals surface area contributed by atoms with Gasteiger partial charge in [-0.25, -0.2) is 4.79 Å². The van der Waals surface area contributed by atoms with E-state index in [1.54, 1.807) is 48.5 Å². The summed E-state index contributed by atoms with van der Waals surface area (Å²) in [6, 6.07) is 11.6. The van der Waals surface area contributed by atoms with E-state index in [2.05, 4.69) is 5.32 Å². The van der Waals surface area contributed by atoms with Gasteiger partial charge in [0, 0.05) is 5.56 Å². The van der Waals surface area contributed by atoms with E-state index in [1.807, 2.05) is 0 Å². The fraction of sp³-hybridized carbons (Fsp3) is 0.167. The number of carbonyl (C=O) groups is 3. The molecule has 0 saturated heterocycles. The molecular formula is C18H17NO6. The normalized spacial score (nSPS) is 11.3. The lowest BCUT2D eigenvalue weighted by atomic mass is 9.97. The van der Waals surface area contributed by atoms with E-state index in [1.165, 1.54) is 14.2 Å². The van der Waals surface area contributed by atoms with Crippen LogP contribution in [0.4, 0.5) is 0 Å². The highest BCUT2D eigenvalue weighted by molar-refractivity contribution is 6.32. The molecule has 2 aromatic rings. The number of nitrogens with one attached hydrogen (secondary N) is 1. The van der Waals surface area contributed by atoms with Crippen molar-refractivity contribution in [1.82, 2.24) is 5.32 Å². The lowest BCUT2D eigenvalue weighted by Gasteiger charge is -2.17. The minimum absolute atomic E-state index is 0.312. The van der Waals surface area contributed by atoms with Crippen LogP contribution >= 0.6 is 0 Å². The first kappa shape index (κ1) is 18.0. The van der Waals surface area contributed by atoms with Crippen LogP contribution in [-0.4, -0.2) is 37.0 Å². The third kappa shape index (κ3) is 4.35. The molecule has 0 aromatic heterocycles. The molecule has 0 fully saturated rings. The highest BCUT2D eigenvalue weighted by atomic mass is 16.5.